The molecule has 194 valence electrons. The highest BCUT2D eigenvalue weighted by Gasteiger charge is 2.30. The first kappa shape index (κ1) is 25.8. The van der Waals surface area contributed by atoms with Crippen molar-refractivity contribution < 1.29 is 9.59 Å². The molecule has 0 fully saturated rings. The van der Waals surface area contributed by atoms with Crippen molar-refractivity contribution in [2.75, 3.05) is 10.6 Å². The summed E-state index contributed by atoms with van der Waals surface area (Å²) >= 11 is 5.52. The Morgan fingerprint density at radius 1 is 0.846 bits per heavy atom. The van der Waals surface area contributed by atoms with E-state index in [-0.39, 0.29) is 0 Å². The number of hydrogen-bond donors (Lipinski definition) is 4. The summed E-state index contributed by atoms with van der Waals surface area (Å²) in [5.74, 6) is -0.830. The molecule has 39 heavy (non-hydrogen) atoms. The summed E-state index contributed by atoms with van der Waals surface area (Å²) in [5, 5.41) is 12.3. The fraction of sp³-hybridized carbons (Fsp3) is 0.0968. The first-order chi connectivity index (χ1) is 19.1. The molecule has 4 aromatic carbocycles. The Morgan fingerprint density at radius 2 is 1.46 bits per heavy atom. The number of rotatable bonds is 7. The highest BCUT2D eigenvalue weighted by atomic mass is 32.1. The zero-order valence-electron chi connectivity index (χ0n) is 21.0. The summed E-state index contributed by atoms with van der Waals surface area (Å²) in [6, 6.07) is 35.4. The summed E-state index contributed by atoms with van der Waals surface area (Å²) in [5.41, 5.74) is 4.61. The van der Waals surface area contributed by atoms with Gasteiger partial charge in [0.25, 0.3) is 5.91 Å². The van der Waals surface area contributed by atoms with Crippen molar-refractivity contribution in [1.29, 1.82) is 0 Å². The van der Waals surface area contributed by atoms with E-state index >= 15 is 0 Å². The van der Waals surface area contributed by atoms with Gasteiger partial charge in [0.05, 0.1) is 11.4 Å². The predicted octanol–water partition coefficient (Wildman–Crippen LogP) is 4.52. The molecule has 0 aromatic heterocycles. The fourth-order valence-corrected chi connectivity index (χ4v) is 4.58. The Morgan fingerprint density at radius 3 is 2.18 bits per heavy atom. The maximum Gasteiger partial charge on any atom is 0.269 e. The van der Waals surface area contributed by atoms with Crippen LogP contribution in [0.3, 0.4) is 0 Å². The molecular weight excluding hydrogens is 506 g/mol. The minimum absolute atomic E-state index is 0.295. The van der Waals surface area contributed by atoms with Crippen LogP contribution in [0.5, 0.6) is 0 Å². The first-order valence-electron chi connectivity index (χ1n) is 12.6. The lowest BCUT2D eigenvalue weighted by atomic mass is 10.0. The zero-order chi connectivity index (χ0) is 27.0. The van der Waals surface area contributed by atoms with Crippen LogP contribution in [-0.2, 0) is 16.0 Å². The molecule has 1 heterocycles. The molecule has 0 saturated heterocycles. The fourth-order valence-electron chi connectivity index (χ4n) is 4.32. The molecule has 4 N–H and O–H groups in total. The van der Waals surface area contributed by atoms with Gasteiger partial charge in [0, 0.05) is 23.2 Å². The van der Waals surface area contributed by atoms with Crippen LogP contribution in [0.2, 0.25) is 0 Å². The Balaban J connectivity index is 1.41. The number of thiocarbonyl (C=S) groups is 1. The van der Waals surface area contributed by atoms with E-state index in [4.69, 9.17) is 17.2 Å². The normalized spacial score (nSPS) is 15.0. The zero-order valence-corrected chi connectivity index (χ0v) is 21.8. The minimum Gasteiger partial charge on any atom is -0.350 e. The number of para-hydroxylation sites is 2. The quantitative estimate of drug-likeness (QED) is 0.262. The molecular formula is C31H27N5O2S. The molecule has 5 rings (SSSR count). The van der Waals surface area contributed by atoms with E-state index in [1.807, 2.05) is 115 Å². The second-order valence-corrected chi connectivity index (χ2v) is 9.40. The molecule has 2 atom stereocenters. The summed E-state index contributed by atoms with van der Waals surface area (Å²) < 4.78 is 0. The van der Waals surface area contributed by atoms with Crippen LogP contribution in [0.1, 0.15) is 16.7 Å². The summed E-state index contributed by atoms with van der Waals surface area (Å²) in [7, 11) is 0. The van der Waals surface area contributed by atoms with Crippen LogP contribution >= 0.6 is 12.2 Å². The smallest absolute Gasteiger partial charge is 0.269 e. The number of nitrogens with zero attached hydrogens (tertiary/aromatic N) is 1. The van der Waals surface area contributed by atoms with Crippen LogP contribution in [0.4, 0.5) is 11.4 Å². The third-order valence-electron chi connectivity index (χ3n) is 6.21. The second kappa shape index (κ2) is 12.1. The van der Waals surface area contributed by atoms with E-state index in [0.717, 1.165) is 22.4 Å². The van der Waals surface area contributed by atoms with Crippen LogP contribution < -0.4 is 21.3 Å². The number of nitrogens with one attached hydrogen (secondary N) is 4. The van der Waals surface area contributed by atoms with Crippen molar-refractivity contribution in [3.8, 4) is 0 Å². The monoisotopic (exact) mass is 533 g/mol. The molecule has 0 radical (unpaired) electrons. The standard InChI is InChI=1S/C31H27N5O2S/c37-29(26(20-21-12-4-1-5-13-21)34-31(39)32-23-16-8-3-9-17-23)36-28-30(38)33-25-19-11-10-18-24(25)27(35-28)22-14-6-2-7-15-22/h1-19,26,28H,20H2,(H,33,38)(H,36,37)(H2,32,34,39)/t26-,28-/m0/s1. The van der Waals surface area contributed by atoms with E-state index < -0.39 is 24.0 Å². The topological polar surface area (TPSA) is 94.6 Å². The van der Waals surface area contributed by atoms with Gasteiger partial charge in [-0.1, -0.05) is 97.1 Å². The molecule has 4 aromatic rings. The molecule has 7 nitrogen and oxygen atoms in total. The largest absolute Gasteiger partial charge is 0.350 e. The van der Waals surface area contributed by atoms with Gasteiger partial charge in [-0.2, -0.15) is 0 Å². The number of benzodiazepines with no additional fused rings is 1. The lowest BCUT2D eigenvalue weighted by Gasteiger charge is -2.22. The van der Waals surface area contributed by atoms with Gasteiger partial charge in [0.2, 0.25) is 12.1 Å². The van der Waals surface area contributed by atoms with Gasteiger partial charge < -0.3 is 21.3 Å². The summed E-state index contributed by atoms with van der Waals surface area (Å²) in [6.45, 7) is 0. The third-order valence-corrected chi connectivity index (χ3v) is 6.43. The van der Waals surface area contributed by atoms with Gasteiger partial charge in [-0.3, -0.25) is 9.59 Å². The Bertz CT molecular complexity index is 1490. The van der Waals surface area contributed by atoms with Crippen molar-refractivity contribution in [1.82, 2.24) is 10.6 Å². The van der Waals surface area contributed by atoms with E-state index in [1.54, 1.807) is 0 Å². The van der Waals surface area contributed by atoms with Crippen molar-refractivity contribution in [2.45, 2.75) is 18.6 Å². The highest BCUT2D eigenvalue weighted by Crippen LogP contribution is 2.23. The predicted molar refractivity (Wildman–Crippen MR) is 159 cm³/mol. The van der Waals surface area contributed by atoms with Crippen LogP contribution in [0, 0.1) is 0 Å². The third kappa shape index (κ3) is 6.55. The molecule has 2 amide bonds. The van der Waals surface area contributed by atoms with Gasteiger partial charge in [0.1, 0.15) is 6.04 Å². The number of fused-ring (bicyclic) bond motifs is 1. The number of hydrogen-bond acceptors (Lipinski definition) is 4. The summed E-state index contributed by atoms with van der Waals surface area (Å²) in [4.78, 5) is 31.7. The average molecular weight is 534 g/mol. The first-order valence-corrected chi connectivity index (χ1v) is 13.0. The van der Waals surface area contributed by atoms with E-state index in [0.29, 0.717) is 22.9 Å². The number of benzene rings is 4. The molecule has 0 aliphatic carbocycles. The van der Waals surface area contributed by atoms with Gasteiger partial charge in [0.15, 0.2) is 5.11 Å². The highest BCUT2D eigenvalue weighted by molar-refractivity contribution is 7.80. The van der Waals surface area contributed by atoms with Crippen molar-refractivity contribution in [3.63, 3.8) is 0 Å². The van der Waals surface area contributed by atoms with E-state index in [1.165, 1.54) is 0 Å². The molecule has 0 saturated carbocycles. The van der Waals surface area contributed by atoms with E-state index in [9.17, 15) is 9.59 Å². The molecule has 0 bridgehead atoms. The minimum atomic E-state index is -1.14. The maximum absolute atomic E-state index is 13.7. The van der Waals surface area contributed by atoms with Crippen molar-refractivity contribution in [3.05, 3.63) is 132 Å². The lowest BCUT2D eigenvalue weighted by molar-refractivity contribution is -0.127. The maximum atomic E-state index is 13.7. The SMILES string of the molecule is O=C(N[C@@H]1N=C(c2ccccc2)c2ccccc2NC1=O)[C@H](Cc1ccccc1)NC(=S)Nc1ccccc1. The lowest BCUT2D eigenvalue weighted by Crippen LogP contribution is -2.53. The second-order valence-electron chi connectivity index (χ2n) is 9.00. The number of anilines is 2. The Kier molecular flexibility index (Phi) is 8.04. The Hall–Kier alpha value is -4.82. The van der Waals surface area contributed by atoms with Crippen molar-refractivity contribution in [2.24, 2.45) is 4.99 Å². The number of carbonyl (C=O) groups is 2. The van der Waals surface area contributed by atoms with Gasteiger partial charge >= 0.3 is 0 Å². The average Bonchev–Trinajstić information content (AvgIpc) is 3.10. The van der Waals surface area contributed by atoms with Crippen molar-refractivity contribution >= 4 is 46.2 Å². The van der Waals surface area contributed by atoms with Crippen LogP contribution in [0.15, 0.2) is 120 Å². The molecule has 1 aliphatic rings. The number of carbonyl (C=O) groups excluding carboxylic acids is 2. The van der Waals surface area contributed by atoms with Gasteiger partial charge in [-0.05, 0) is 36.0 Å². The van der Waals surface area contributed by atoms with Crippen LogP contribution in [0.25, 0.3) is 0 Å². The number of amides is 2. The molecule has 0 spiro atoms. The Labute approximate surface area is 232 Å². The van der Waals surface area contributed by atoms with E-state index in [2.05, 4.69) is 21.3 Å². The molecule has 8 heteroatoms. The van der Waals surface area contributed by atoms with Gasteiger partial charge in [-0.15, -0.1) is 0 Å². The van der Waals surface area contributed by atoms with Crippen LogP contribution in [-0.4, -0.2) is 34.8 Å². The van der Waals surface area contributed by atoms with Gasteiger partial charge in [-0.25, -0.2) is 4.99 Å². The number of aliphatic imine (C=N–C) groups is 1. The molecule has 1 aliphatic heterocycles. The molecule has 0 unspecified atom stereocenters. The summed E-state index contributed by atoms with van der Waals surface area (Å²) in [6.07, 6.45) is -0.788.